The van der Waals surface area contributed by atoms with E-state index in [0.29, 0.717) is 11.6 Å². The molecule has 3 N–H and O–H groups in total. The molecule has 0 bridgehead atoms. The number of primary amides is 1. The predicted octanol–water partition coefficient (Wildman–Crippen LogP) is 0.0167. The highest BCUT2D eigenvalue weighted by Crippen LogP contribution is 2.11. The molecule has 5 heteroatoms. The Morgan fingerprint density at radius 1 is 1.56 bits per heavy atom. The standard InChI is InChI=1S/C13H20N4O/c1-10(17-7-5-15-6-8-17)9-12-11(13(14)18)3-2-4-16-12/h2-4,10,15H,5-9H2,1H3,(H2,14,18). The zero-order chi connectivity index (χ0) is 13.0. The van der Waals surface area contributed by atoms with Crippen LogP contribution in [0.2, 0.25) is 0 Å². The first kappa shape index (κ1) is 13.0. The molecule has 98 valence electrons. The van der Waals surface area contributed by atoms with Crippen LogP contribution in [0.5, 0.6) is 0 Å². The number of carbonyl (C=O) groups is 1. The molecule has 0 spiro atoms. The van der Waals surface area contributed by atoms with Gasteiger partial charge in [-0.25, -0.2) is 0 Å². The zero-order valence-electron chi connectivity index (χ0n) is 10.7. The maximum atomic E-state index is 11.3. The molecular weight excluding hydrogens is 228 g/mol. The van der Waals surface area contributed by atoms with Crippen molar-refractivity contribution in [1.29, 1.82) is 0 Å². The van der Waals surface area contributed by atoms with E-state index < -0.39 is 5.91 Å². The number of pyridine rings is 1. The molecule has 0 radical (unpaired) electrons. The van der Waals surface area contributed by atoms with Gasteiger partial charge in [0.25, 0.3) is 5.91 Å². The van der Waals surface area contributed by atoms with Crippen molar-refractivity contribution >= 4 is 5.91 Å². The molecule has 5 nitrogen and oxygen atoms in total. The Morgan fingerprint density at radius 3 is 2.94 bits per heavy atom. The summed E-state index contributed by atoms with van der Waals surface area (Å²) < 4.78 is 0. The van der Waals surface area contributed by atoms with Gasteiger partial charge in [-0.1, -0.05) is 0 Å². The molecule has 1 saturated heterocycles. The van der Waals surface area contributed by atoms with E-state index in [4.69, 9.17) is 5.73 Å². The maximum absolute atomic E-state index is 11.3. The molecule has 1 amide bonds. The first-order chi connectivity index (χ1) is 8.68. The molecular formula is C13H20N4O. The van der Waals surface area contributed by atoms with Crippen molar-refractivity contribution in [2.45, 2.75) is 19.4 Å². The number of piperazine rings is 1. The van der Waals surface area contributed by atoms with Crippen molar-refractivity contribution in [2.75, 3.05) is 26.2 Å². The number of amides is 1. The summed E-state index contributed by atoms with van der Waals surface area (Å²) in [5.74, 6) is -0.398. The fourth-order valence-corrected chi connectivity index (χ4v) is 2.36. The van der Waals surface area contributed by atoms with Gasteiger partial charge in [0.1, 0.15) is 0 Å². The van der Waals surface area contributed by atoms with Crippen LogP contribution in [0.4, 0.5) is 0 Å². The Balaban J connectivity index is 2.06. The van der Waals surface area contributed by atoms with E-state index in [0.717, 1.165) is 38.3 Å². The summed E-state index contributed by atoms with van der Waals surface area (Å²) >= 11 is 0. The number of nitrogens with two attached hydrogens (primary N) is 1. The van der Waals surface area contributed by atoms with Gasteiger partial charge in [0.2, 0.25) is 0 Å². The number of nitrogens with zero attached hydrogens (tertiary/aromatic N) is 2. The molecule has 1 unspecified atom stereocenters. The molecule has 1 atom stereocenters. The lowest BCUT2D eigenvalue weighted by molar-refractivity contribution is 0.0998. The minimum atomic E-state index is -0.398. The molecule has 0 aliphatic carbocycles. The van der Waals surface area contributed by atoms with Crippen LogP contribution in [-0.4, -0.2) is 48.0 Å². The number of rotatable bonds is 4. The molecule has 1 aromatic rings. The smallest absolute Gasteiger partial charge is 0.250 e. The van der Waals surface area contributed by atoms with E-state index in [1.165, 1.54) is 0 Å². The summed E-state index contributed by atoms with van der Waals surface area (Å²) in [5.41, 5.74) is 6.71. The van der Waals surface area contributed by atoms with Crippen molar-refractivity contribution in [3.8, 4) is 0 Å². The Kier molecular flexibility index (Phi) is 4.28. The van der Waals surface area contributed by atoms with Gasteiger partial charge in [-0.2, -0.15) is 0 Å². The van der Waals surface area contributed by atoms with Crippen LogP contribution in [0.1, 0.15) is 23.0 Å². The van der Waals surface area contributed by atoms with Crippen LogP contribution in [0, 0.1) is 0 Å². The monoisotopic (exact) mass is 248 g/mol. The number of aromatic nitrogens is 1. The van der Waals surface area contributed by atoms with Crippen LogP contribution in [-0.2, 0) is 6.42 Å². The number of hydrogen-bond donors (Lipinski definition) is 2. The minimum Gasteiger partial charge on any atom is -0.366 e. The lowest BCUT2D eigenvalue weighted by Crippen LogP contribution is -2.48. The van der Waals surface area contributed by atoms with E-state index in [-0.39, 0.29) is 0 Å². The number of carbonyl (C=O) groups excluding carboxylic acids is 1. The second-order valence-corrected chi connectivity index (χ2v) is 4.70. The van der Waals surface area contributed by atoms with Crippen LogP contribution < -0.4 is 11.1 Å². The summed E-state index contributed by atoms with van der Waals surface area (Å²) in [6.45, 7) is 6.30. The normalized spacial score (nSPS) is 18.5. The zero-order valence-corrected chi connectivity index (χ0v) is 10.7. The van der Waals surface area contributed by atoms with Crippen LogP contribution >= 0.6 is 0 Å². The lowest BCUT2D eigenvalue weighted by atomic mass is 10.1. The van der Waals surface area contributed by atoms with Gasteiger partial charge in [-0.3, -0.25) is 14.7 Å². The van der Waals surface area contributed by atoms with E-state index in [1.54, 1.807) is 18.3 Å². The Hall–Kier alpha value is -1.46. The topological polar surface area (TPSA) is 71.2 Å². The van der Waals surface area contributed by atoms with Crippen LogP contribution in [0.3, 0.4) is 0 Å². The maximum Gasteiger partial charge on any atom is 0.250 e. The first-order valence-corrected chi connectivity index (χ1v) is 6.37. The van der Waals surface area contributed by atoms with E-state index in [9.17, 15) is 4.79 Å². The third kappa shape index (κ3) is 3.05. The molecule has 0 saturated carbocycles. The van der Waals surface area contributed by atoms with Crippen LogP contribution in [0.25, 0.3) is 0 Å². The summed E-state index contributed by atoms with van der Waals surface area (Å²) in [7, 11) is 0. The molecule has 1 aliphatic heterocycles. The van der Waals surface area contributed by atoms with Gasteiger partial charge in [0, 0.05) is 44.8 Å². The van der Waals surface area contributed by atoms with E-state index in [2.05, 4.69) is 22.1 Å². The van der Waals surface area contributed by atoms with Gasteiger partial charge < -0.3 is 11.1 Å². The second kappa shape index (κ2) is 5.93. The van der Waals surface area contributed by atoms with Gasteiger partial charge in [-0.15, -0.1) is 0 Å². The highest BCUT2D eigenvalue weighted by atomic mass is 16.1. The van der Waals surface area contributed by atoms with Crippen LogP contribution in [0.15, 0.2) is 18.3 Å². The lowest BCUT2D eigenvalue weighted by Gasteiger charge is -2.32. The average molecular weight is 248 g/mol. The van der Waals surface area contributed by atoms with Gasteiger partial charge >= 0.3 is 0 Å². The SMILES string of the molecule is CC(Cc1ncccc1C(N)=O)N1CCNCC1. The van der Waals surface area contributed by atoms with Gasteiger partial charge in [-0.05, 0) is 19.1 Å². The van der Waals surface area contributed by atoms with Gasteiger partial charge in [0.15, 0.2) is 0 Å². The van der Waals surface area contributed by atoms with E-state index >= 15 is 0 Å². The highest BCUT2D eigenvalue weighted by Gasteiger charge is 2.19. The van der Waals surface area contributed by atoms with Crippen molar-refractivity contribution in [2.24, 2.45) is 5.73 Å². The summed E-state index contributed by atoms with van der Waals surface area (Å²) in [5, 5.41) is 3.33. The molecule has 2 rings (SSSR count). The highest BCUT2D eigenvalue weighted by molar-refractivity contribution is 5.93. The molecule has 1 fully saturated rings. The summed E-state index contributed by atoms with van der Waals surface area (Å²) in [4.78, 5) is 18.0. The largest absolute Gasteiger partial charge is 0.366 e. The Bertz CT molecular complexity index is 415. The molecule has 1 aliphatic rings. The summed E-state index contributed by atoms with van der Waals surface area (Å²) in [6.07, 6.45) is 2.48. The molecule has 1 aromatic heterocycles. The Labute approximate surface area is 107 Å². The quantitative estimate of drug-likeness (QED) is 0.788. The average Bonchev–Trinajstić information content (AvgIpc) is 2.40. The fraction of sp³-hybridized carbons (Fsp3) is 0.538. The van der Waals surface area contributed by atoms with E-state index in [1.807, 2.05) is 0 Å². The second-order valence-electron chi connectivity index (χ2n) is 4.70. The third-order valence-electron chi connectivity index (χ3n) is 3.42. The third-order valence-corrected chi connectivity index (χ3v) is 3.42. The molecule has 18 heavy (non-hydrogen) atoms. The number of hydrogen-bond acceptors (Lipinski definition) is 4. The molecule has 0 aromatic carbocycles. The number of nitrogens with one attached hydrogen (secondary N) is 1. The first-order valence-electron chi connectivity index (χ1n) is 6.37. The van der Waals surface area contributed by atoms with Crippen molar-refractivity contribution in [1.82, 2.24) is 15.2 Å². The molecule has 2 heterocycles. The van der Waals surface area contributed by atoms with Crippen molar-refractivity contribution in [3.05, 3.63) is 29.6 Å². The van der Waals surface area contributed by atoms with Crippen molar-refractivity contribution in [3.63, 3.8) is 0 Å². The van der Waals surface area contributed by atoms with Crippen molar-refractivity contribution < 1.29 is 4.79 Å². The Morgan fingerprint density at radius 2 is 2.28 bits per heavy atom. The van der Waals surface area contributed by atoms with Gasteiger partial charge in [0.05, 0.1) is 11.3 Å². The predicted molar refractivity (Wildman–Crippen MR) is 70.4 cm³/mol. The summed E-state index contributed by atoms with van der Waals surface area (Å²) in [6, 6.07) is 3.87. The fourth-order valence-electron chi connectivity index (χ4n) is 2.36. The minimum absolute atomic E-state index is 0.375.